The Bertz CT molecular complexity index is 1000. The van der Waals surface area contributed by atoms with Crippen molar-refractivity contribution in [3.8, 4) is 17.4 Å². The molecule has 3 aromatic rings. The number of fused-ring (bicyclic) bond motifs is 1. The largest absolute Gasteiger partial charge is 0.493 e. The van der Waals surface area contributed by atoms with E-state index in [1.165, 1.54) is 0 Å². The maximum atomic E-state index is 5.87. The second-order valence-corrected chi connectivity index (χ2v) is 6.62. The number of hydrogen-bond donors (Lipinski definition) is 0. The fraction of sp³-hybridized carbons (Fsp3) is 0.368. The van der Waals surface area contributed by atoms with Gasteiger partial charge >= 0.3 is 0 Å². The highest BCUT2D eigenvalue weighted by Crippen LogP contribution is 2.34. The summed E-state index contributed by atoms with van der Waals surface area (Å²) in [5.41, 5.74) is 3.88. The zero-order chi connectivity index (χ0) is 19.0. The Labute approximate surface area is 157 Å². The van der Waals surface area contributed by atoms with Crippen LogP contribution in [-0.2, 0) is 6.42 Å². The van der Waals surface area contributed by atoms with Gasteiger partial charge in [0.1, 0.15) is 23.9 Å². The van der Waals surface area contributed by atoms with Crippen LogP contribution in [0.2, 0.25) is 0 Å². The minimum absolute atomic E-state index is 0.178. The van der Waals surface area contributed by atoms with Crippen LogP contribution in [-0.4, -0.2) is 43.6 Å². The number of ether oxygens (including phenoxy) is 2. The lowest BCUT2D eigenvalue weighted by Crippen LogP contribution is -2.07. The summed E-state index contributed by atoms with van der Waals surface area (Å²) in [4.78, 5) is 0. The third kappa shape index (κ3) is 3.30. The van der Waals surface area contributed by atoms with Crippen molar-refractivity contribution in [2.75, 3.05) is 6.61 Å². The summed E-state index contributed by atoms with van der Waals surface area (Å²) >= 11 is 0. The number of rotatable bonds is 5. The summed E-state index contributed by atoms with van der Waals surface area (Å²) in [5.74, 6) is 2.20. The lowest BCUT2D eigenvalue weighted by atomic mass is 10.1. The van der Waals surface area contributed by atoms with E-state index < -0.39 is 0 Å². The van der Waals surface area contributed by atoms with E-state index in [0.29, 0.717) is 12.6 Å². The van der Waals surface area contributed by atoms with E-state index in [4.69, 9.17) is 9.47 Å². The molecule has 0 saturated carbocycles. The van der Waals surface area contributed by atoms with Gasteiger partial charge in [-0.05, 0) is 45.9 Å². The van der Waals surface area contributed by atoms with E-state index >= 15 is 0 Å². The standard InChI is InChI=1S/C19H22N6O2/c1-5-26-17-8-15-7-14(4)27-18(15)9-16(17)10-21-24-11-20-22-19(24)25-13(3)6-12(2)23-25/h6,8-11,14H,5,7H2,1-4H3/b21-10-/t14-/m0/s1. The Morgan fingerprint density at radius 3 is 2.93 bits per heavy atom. The van der Waals surface area contributed by atoms with Gasteiger partial charge in [0.2, 0.25) is 0 Å². The van der Waals surface area contributed by atoms with Crippen molar-refractivity contribution in [2.24, 2.45) is 5.10 Å². The molecule has 0 unspecified atom stereocenters. The van der Waals surface area contributed by atoms with Crippen molar-refractivity contribution in [3.05, 3.63) is 47.0 Å². The monoisotopic (exact) mass is 366 g/mol. The molecule has 0 bridgehead atoms. The second-order valence-electron chi connectivity index (χ2n) is 6.62. The summed E-state index contributed by atoms with van der Waals surface area (Å²) in [6.07, 6.45) is 4.35. The lowest BCUT2D eigenvalue weighted by Gasteiger charge is -2.09. The minimum atomic E-state index is 0.178. The maximum Gasteiger partial charge on any atom is 0.273 e. The van der Waals surface area contributed by atoms with Crippen LogP contribution in [0.15, 0.2) is 29.6 Å². The third-order valence-electron chi connectivity index (χ3n) is 4.36. The Hall–Kier alpha value is -3.16. The number of aromatic nitrogens is 5. The topological polar surface area (TPSA) is 79.4 Å². The van der Waals surface area contributed by atoms with Gasteiger partial charge in [-0.1, -0.05) is 0 Å². The molecule has 1 aliphatic rings. The summed E-state index contributed by atoms with van der Waals surface area (Å²) in [5, 5.41) is 17.1. The Balaban J connectivity index is 1.69. The Kier molecular flexibility index (Phi) is 4.39. The molecular weight excluding hydrogens is 344 g/mol. The van der Waals surface area contributed by atoms with E-state index in [0.717, 1.165) is 40.4 Å². The molecule has 1 aromatic carbocycles. The van der Waals surface area contributed by atoms with Crippen molar-refractivity contribution < 1.29 is 9.47 Å². The highest BCUT2D eigenvalue weighted by atomic mass is 16.5. The smallest absolute Gasteiger partial charge is 0.273 e. The summed E-state index contributed by atoms with van der Waals surface area (Å²) in [7, 11) is 0. The van der Waals surface area contributed by atoms with E-state index in [2.05, 4.69) is 27.3 Å². The summed E-state index contributed by atoms with van der Waals surface area (Å²) in [6, 6.07) is 5.99. The van der Waals surface area contributed by atoms with Crippen LogP contribution in [0.4, 0.5) is 0 Å². The molecule has 27 heavy (non-hydrogen) atoms. The molecule has 8 nitrogen and oxygen atoms in total. The lowest BCUT2D eigenvalue weighted by molar-refractivity contribution is 0.254. The fourth-order valence-electron chi connectivity index (χ4n) is 3.24. The molecule has 3 heterocycles. The van der Waals surface area contributed by atoms with Gasteiger partial charge in [-0.2, -0.15) is 14.9 Å². The van der Waals surface area contributed by atoms with Crippen molar-refractivity contribution in [2.45, 2.75) is 40.2 Å². The average Bonchev–Trinajstić information content (AvgIpc) is 3.30. The molecule has 4 rings (SSSR count). The highest BCUT2D eigenvalue weighted by Gasteiger charge is 2.21. The van der Waals surface area contributed by atoms with Gasteiger partial charge in [0.15, 0.2) is 0 Å². The van der Waals surface area contributed by atoms with E-state index in [1.54, 1.807) is 21.9 Å². The van der Waals surface area contributed by atoms with Gasteiger partial charge in [0, 0.05) is 23.2 Å². The van der Waals surface area contributed by atoms with Crippen LogP contribution in [0, 0.1) is 13.8 Å². The predicted molar refractivity (Wildman–Crippen MR) is 101 cm³/mol. The molecule has 140 valence electrons. The molecule has 0 radical (unpaired) electrons. The van der Waals surface area contributed by atoms with Crippen LogP contribution >= 0.6 is 0 Å². The van der Waals surface area contributed by atoms with Gasteiger partial charge in [0.25, 0.3) is 5.95 Å². The minimum Gasteiger partial charge on any atom is -0.493 e. The van der Waals surface area contributed by atoms with Gasteiger partial charge < -0.3 is 9.47 Å². The molecule has 2 aromatic heterocycles. The molecule has 0 fully saturated rings. The van der Waals surface area contributed by atoms with Crippen LogP contribution in [0.1, 0.15) is 36.4 Å². The van der Waals surface area contributed by atoms with Crippen molar-refractivity contribution >= 4 is 6.21 Å². The van der Waals surface area contributed by atoms with Crippen molar-refractivity contribution in [1.82, 2.24) is 24.7 Å². The summed E-state index contributed by atoms with van der Waals surface area (Å²) in [6.45, 7) is 8.52. The number of nitrogens with zero attached hydrogens (tertiary/aromatic N) is 6. The maximum absolute atomic E-state index is 5.87. The second kappa shape index (κ2) is 6.86. The first kappa shape index (κ1) is 17.3. The Morgan fingerprint density at radius 1 is 1.33 bits per heavy atom. The first-order valence-electron chi connectivity index (χ1n) is 8.99. The van der Waals surface area contributed by atoms with E-state index in [-0.39, 0.29) is 6.10 Å². The first-order valence-corrected chi connectivity index (χ1v) is 8.99. The van der Waals surface area contributed by atoms with Crippen LogP contribution in [0.25, 0.3) is 5.95 Å². The van der Waals surface area contributed by atoms with Crippen LogP contribution in [0.3, 0.4) is 0 Å². The average molecular weight is 366 g/mol. The molecule has 0 aliphatic carbocycles. The molecule has 0 saturated heterocycles. The van der Waals surface area contributed by atoms with Crippen molar-refractivity contribution in [3.63, 3.8) is 0 Å². The number of benzene rings is 1. The fourth-order valence-corrected chi connectivity index (χ4v) is 3.24. The molecule has 0 N–H and O–H groups in total. The van der Waals surface area contributed by atoms with Gasteiger partial charge in [-0.3, -0.25) is 0 Å². The zero-order valence-electron chi connectivity index (χ0n) is 15.9. The quantitative estimate of drug-likeness (QED) is 0.649. The SMILES string of the molecule is CCOc1cc2c(cc1/C=N\n1cnnc1-n1nc(C)cc1C)O[C@@H](C)C2. The predicted octanol–water partition coefficient (Wildman–Crippen LogP) is 2.68. The van der Waals surface area contributed by atoms with E-state index in [9.17, 15) is 0 Å². The normalized spacial score (nSPS) is 15.9. The third-order valence-corrected chi connectivity index (χ3v) is 4.36. The van der Waals surface area contributed by atoms with Gasteiger partial charge in [-0.15, -0.1) is 10.2 Å². The number of hydrogen-bond acceptors (Lipinski definition) is 6. The van der Waals surface area contributed by atoms with Crippen molar-refractivity contribution in [1.29, 1.82) is 0 Å². The molecule has 1 atom stereocenters. The molecule has 0 spiro atoms. The Morgan fingerprint density at radius 2 is 2.19 bits per heavy atom. The molecule has 8 heteroatoms. The van der Waals surface area contributed by atoms with Gasteiger partial charge in [-0.25, -0.2) is 4.68 Å². The molecule has 1 aliphatic heterocycles. The van der Waals surface area contributed by atoms with Crippen LogP contribution in [0.5, 0.6) is 11.5 Å². The number of aryl methyl sites for hydroxylation is 2. The van der Waals surface area contributed by atoms with E-state index in [1.807, 2.05) is 39.0 Å². The van der Waals surface area contributed by atoms with Gasteiger partial charge in [0.05, 0.1) is 18.5 Å². The zero-order valence-corrected chi connectivity index (χ0v) is 15.9. The molecule has 0 amide bonds. The highest BCUT2D eigenvalue weighted by molar-refractivity contribution is 5.84. The van der Waals surface area contributed by atoms with Crippen LogP contribution < -0.4 is 9.47 Å². The molecular formula is C19H22N6O2. The summed E-state index contributed by atoms with van der Waals surface area (Å²) < 4.78 is 15.0. The first-order chi connectivity index (χ1) is 13.0.